The molecule has 0 aliphatic rings. The number of hydrogen-bond acceptors (Lipinski definition) is 2. The average Bonchev–Trinajstić information content (AvgIpc) is 2.18. The van der Waals surface area contributed by atoms with Crippen molar-refractivity contribution >= 4 is 10.9 Å². The molecule has 1 aromatic carbocycles. The summed E-state index contributed by atoms with van der Waals surface area (Å²) in [5.41, 5.74) is 1.97. The lowest BCUT2D eigenvalue weighted by Gasteiger charge is -2.12. The second kappa shape index (κ2) is 3.89. The zero-order valence-electron chi connectivity index (χ0n) is 9.32. The summed E-state index contributed by atoms with van der Waals surface area (Å²) < 4.78 is 5.69. The second-order valence-corrected chi connectivity index (χ2v) is 3.93. The lowest BCUT2D eigenvalue weighted by molar-refractivity contribution is 0.240. The Labute approximate surface area is 89.9 Å². The number of aromatic nitrogens is 1. The number of ether oxygens (including phenoxy) is 1. The van der Waals surface area contributed by atoms with Gasteiger partial charge in [0.05, 0.1) is 17.3 Å². The Hall–Kier alpha value is -1.57. The van der Waals surface area contributed by atoms with Crippen LogP contribution in [0.4, 0.5) is 0 Å². The summed E-state index contributed by atoms with van der Waals surface area (Å²) in [6.45, 7) is 6.02. The van der Waals surface area contributed by atoms with Gasteiger partial charge in [0.15, 0.2) is 0 Å². The Balaban J connectivity index is 2.52. The molecule has 2 aromatic rings. The van der Waals surface area contributed by atoms with Crippen molar-refractivity contribution in [3.05, 3.63) is 36.0 Å². The van der Waals surface area contributed by atoms with Gasteiger partial charge in [-0.05, 0) is 32.9 Å². The number of fused-ring (bicyclic) bond motifs is 1. The van der Waals surface area contributed by atoms with Crippen LogP contribution in [0.15, 0.2) is 30.3 Å². The minimum absolute atomic E-state index is 0.187. The fourth-order valence-electron chi connectivity index (χ4n) is 1.57. The molecule has 0 fully saturated rings. The standard InChI is InChI=1S/C13H15NO/c1-9(2)15-13-8-11-6-4-5-7-12(11)14-10(13)3/h4-9H,1-3H3. The summed E-state index contributed by atoms with van der Waals surface area (Å²) in [5, 5.41) is 1.12. The van der Waals surface area contributed by atoms with E-state index in [1.54, 1.807) is 0 Å². The molecule has 0 aliphatic heterocycles. The number of hydrogen-bond donors (Lipinski definition) is 0. The first-order valence-corrected chi connectivity index (χ1v) is 5.20. The molecule has 0 saturated heterocycles. The molecule has 0 N–H and O–H groups in total. The van der Waals surface area contributed by atoms with Gasteiger partial charge in [0, 0.05) is 5.39 Å². The molecule has 0 atom stereocenters. The Kier molecular flexibility index (Phi) is 2.58. The van der Waals surface area contributed by atoms with Gasteiger partial charge in [-0.15, -0.1) is 0 Å². The van der Waals surface area contributed by atoms with Gasteiger partial charge in [-0.25, -0.2) is 4.98 Å². The molecule has 2 rings (SSSR count). The van der Waals surface area contributed by atoms with Gasteiger partial charge < -0.3 is 4.74 Å². The number of nitrogens with zero attached hydrogens (tertiary/aromatic N) is 1. The normalized spacial score (nSPS) is 10.9. The molecule has 0 radical (unpaired) electrons. The van der Waals surface area contributed by atoms with E-state index >= 15 is 0 Å². The maximum Gasteiger partial charge on any atom is 0.141 e. The molecule has 0 saturated carbocycles. The molecule has 15 heavy (non-hydrogen) atoms. The van der Waals surface area contributed by atoms with Crippen LogP contribution in [0.5, 0.6) is 5.75 Å². The van der Waals surface area contributed by atoms with E-state index in [1.165, 1.54) is 0 Å². The Bertz CT molecular complexity index is 477. The molecular formula is C13H15NO. The zero-order valence-corrected chi connectivity index (χ0v) is 9.32. The number of rotatable bonds is 2. The molecule has 0 spiro atoms. The molecule has 0 unspecified atom stereocenters. The predicted octanol–water partition coefficient (Wildman–Crippen LogP) is 3.33. The van der Waals surface area contributed by atoms with E-state index in [0.29, 0.717) is 0 Å². The molecule has 0 aliphatic carbocycles. The van der Waals surface area contributed by atoms with Crippen LogP contribution < -0.4 is 4.74 Å². The summed E-state index contributed by atoms with van der Waals surface area (Å²) in [5.74, 6) is 0.878. The third-order valence-electron chi connectivity index (χ3n) is 2.23. The first-order valence-electron chi connectivity index (χ1n) is 5.20. The minimum Gasteiger partial charge on any atom is -0.489 e. The molecule has 78 valence electrons. The molecule has 2 heteroatoms. The van der Waals surface area contributed by atoms with Crippen LogP contribution in [-0.4, -0.2) is 11.1 Å². The van der Waals surface area contributed by atoms with E-state index in [2.05, 4.69) is 17.1 Å². The predicted molar refractivity (Wildman–Crippen MR) is 62.2 cm³/mol. The maximum absolute atomic E-state index is 5.69. The molecule has 0 bridgehead atoms. The highest BCUT2D eigenvalue weighted by Gasteiger charge is 2.05. The van der Waals surface area contributed by atoms with E-state index < -0.39 is 0 Å². The van der Waals surface area contributed by atoms with Gasteiger partial charge >= 0.3 is 0 Å². The Morgan fingerprint density at radius 3 is 2.67 bits per heavy atom. The van der Waals surface area contributed by atoms with E-state index in [1.807, 2.05) is 39.0 Å². The van der Waals surface area contributed by atoms with Crippen LogP contribution in [0.25, 0.3) is 10.9 Å². The van der Waals surface area contributed by atoms with Crippen LogP contribution >= 0.6 is 0 Å². The van der Waals surface area contributed by atoms with Crippen molar-refractivity contribution in [1.29, 1.82) is 0 Å². The number of aryl methyl sites for hydroxylation is 1. The van der Waals surface area contributed by atoms with Gasteiger partial charge in [0.25, 0.3) is 0 Å². The highest BCUT2D eigenvalue weighted by atomic mass is 16.5. The lowest BCUT2D eigenvalue weighted by atomic mass is 10.2. The van der Waals surface area contributed by atoms with E-state index in [0.717, 1.165) is 22.3 Å². The minimum atomic E-state index is 0.187. The topological polar surface area (TPSA) is 22.1 Å². The highest BCUT2D eigenvalue weighted by Crippen LogP contribution is 2.23. The quantitative estimate of drug-likeness (QED) is 0.743. The zero-order chi connectivity index (χ0) is 10.8. The number of benzene rings is 1. The first-order chi connectivity index (χ1) is 7.16. The van der Waals surface area contributed by atoms with Gasteiger partial charge in [-0.1, -0.05) is 18.2 Å². The van der Waals surface area contributed by atoms with Gasteiger partial charge in [0.1, 0.15) is 5.75 Å². The van der Waals surface area contributed by atoms with Crippen molar-refractivity contribution in [2.45, 2.75) is 26.9 Å². The van der Waals surface area contributed by atoms with Gasteiger partial charge in [-0.3, -0.25) is 0 Å². The summed E-state index contributed by atoms with van der Waals surface area (Å²) in [6.07, 6.45) is 0.187. The fraction of sp³-hybridized carbons (Fsp3) is 0.308. The molecule has 1 aromatic heterocycles. The van der Waals surface area contributed by atoms with E-state index in [9.17, 15) is 0 Å². The highest BCUT2D eigenvalue weighted by molar-refractivity contribution is 5.80. The van der Waals surface area contributed by atoms with E-state index in [-0.39, 0.29) is 6.10 Å². The first kappa shape index (κ1) is 9.97. The van der Waals surface area contributed by atoms with Gasteiger partial charge in [0.2, 0.25) is 0 Å². The van der Waals surface area contributed by atoms with Crippen LogP contribution in [0.3, 0.4) is 0 Å². The van der Waals surface area contributed by atoms with Crippen LogP contribution in [0, 0.1) is 6.92 Å². The molecule has 2 nitrogen and oxygen atoms in total. The average molecular weight is 201 g/mol. The molecule has 0 amide bonds. The summed E-state index contributed by atoms with van der Waals surface area (Å²) >= 11 is 0. The molecular weight excluding hydrogens is 186 g/mol. The Morgan fingerprint density at radius 1 is 1.20 bits per heavy atom. The smallest absolute Gasteiger partial charge is 0.141 e. The van der Waals surface area contributed by atoms with Crippen molar-refractivity contribution in [2.75, 3.05) is 0 Å². The number of pyridine rings is 1. The number of para-hydroxylation sites is 1. The Morgan fingerprint density at radius 2 is 1.93 bits per heavy atom. The van der Waals surface area contributed by atoms with Crippen molar-refractivity contribution < 1.29 is 4.74 Å². The van der Waals surface area contributed by atoms with Crippen molar-refractivity contribution in [3.63, 3.8) is 0 Å². The summed E-state index contributed by atoms with van der Waals surface area (Å²) in [6, 6.07) is 10.1. The maximum atomic E-state index is 5.69. The second-order valence-electron chi connectivity index (χ2n) is 3.93. The SMILES string of the molecule is Cc1nc2ccccc2cc1OC(C)C. The third-order valence-corrected chi connectivity index (χ3v) is 2.23. The van der Waals surface area contributed by atoms with Gasteiger partial charge in [-0.2, -0.15) is 0 Å². The fourth-order valence-corrected chi connectivity index (χ4v) is 1.57. The largest absolute Gasteiger partial charge is 0.489 e. The monoisotopic (exact) mass is 201 g/mol. The lowest BCUT2D eigenvalue weighted by Crippen LogP contribution is -2.07. The van der Waals surface area contributed by atoms with E-state index in [4.69, 9.17) is 4.74 Å². The summed E-state index contributed by atoms with van der Waals surface area (Å²) in [4.78, 5) is 4.50. The summed E-state index contributed by atoms with van der Waals surface area (Å²) in [7, 11) is 0. The van der Waals surface area contributed by atoms with Crippen LogP contribution in [0.1, 0.15) is 19.5 Å². The van der Waals surface area contributed by atoms with Crippen molar-refractivity contribution in [3.8, 4) is 5.75 Å². The third kappa shape index (κ3) is 2.09. The van der Waals surface area contributed by atoms with Crippen molar-refractivity contribution in [1.82, 2.24) is 4.98 Å². The van der Waals surface area contributed by atoms with Crippen LogP contribution in [0.2, 0.25) is 0 Å². The van der Waals surface area contributed by atoms with Crippen molar-refractivity contribution in [2.24, 2.45) is 0 Å². The van der Waals surface area contributed by atoms with Crippen LogP contribution in [-0.2, 0) is 0 Å². The molecule has 1 heterocycles.